The highest BCUT2D eigenvalue weighted by Gasteiger charge is 2.15. The lowest BCUT2D eigenvalue weighted by Gasteiger charge is -2.23. The maximum Gasteiger partial charge on any atom is 0.146 e. The van der Waals surface area contributed by atoms with E-state index in [0.29, 0.717) is 30.4 Å². The molecule has 3 N–H and O–H groups in total. The molecule has 19 heavy (non-hydrogen) atoms. The van der Waals surface area contributed by atoms with E-state index in [4.69, 9.17) is 22.7 Å². The molecule has 0 aliphatic rings. The number of anilines is 1. The highest BCUT2D eigenvalue weighted by Crippen LogP contribution is 2.19. The Hall–Kier alpha value is -1.20. The molecule has 1 atom stereocenters. The fourth-order valence-corrected chi connectivity index (χ4v) is 1.76. The van der Waals surface area contributed by atoms with Crippen molar-refractivity contribution in [1.82, 2.24) is 0 Å². The summed E-state index contributed by atoms with van der Waals surface area (Å²) in [5.41, 5.74) is 6.45. The highest BCUT2D eigenvalue weighted by molar-refractivity contribution is 7.80. The van der Waals surface area contributed by atoms with Crippen molar-refractivity contribution >= 4 is 22.9 Å². The minimum absolute atomic E-state index is 0.0603. The van der Waals surface area contributed by atoms with Crippen molar-refractivity contribution in [2.45, 2.75) is 26.8 Å². The molecule has 106 valence electrons. The molecule has 0 spiro atoms. The molecule has 0 radical (unpaired) electrons. The summed E-state index contributed by atoms with van der Waals surface area (Å²) in [4.78, 5) is 0.195. The Labute approximate surface area is 119 Å². The van der Waals surface area contributed by atoms with E-state index >= 15 is 0 Å². The molecule has 0 heterocycles. The van der Waals surface area contributed by atoms with Crippen LogP contribution in [0.1, 0.15) is 26.3 Å². The summed E-state index contributed by atoms with van der Waals surface area (Å²) in [5.74, 6) is -0.0198. The molecule has 1 rings (SSSR count). The smallest absolute Gasteiger partial charge is 0.146 e. The quantitative estimate of drug-likeness (QED) is 0.756. The van der Waals surface area contributed by atoms with Crippen molar-refractivity contribution in [3.63, 3.8) is 0 Å². The topological polar surface area (TPSA) is 47.3 Å². The Bertz CT molecular complexity index is 437. The first-order valence-corrected chi connectivity index (χ1v) is 6.80. The van der Waals surface area contributed by atoms with Crippen LogP contribution in [-0.4, -0.2) is 24.2 Å². The van der Waals surface area contributed by atoms with Crippen LogP contribution in [0.25, 0.3) is 0 Å². The van der Waals surface area contributed by atoms with Crippen molar-refractivity contribution in [2.75, 3.05) is 18.5 Å². The first-order chi connectivity index (χ1) is 8.95. The van der Waals surface area contributed by atoms with E-state index in [1.807, 2.05) is 6.92 Å². The van der Waals surface area contributed by atoms with Gasteiger partial charge in [0, 0.05) is 12.2 Å². The Balaban J connectivity index is 2.81. The number of thiocarbonyl (C=S) groups is 1. The zero-order chi connectivity index (χ0) is 14.4. The summed E-state index contributed by atoms with van der Waals surface area (Å²) in [7, 11) is 0. The zero-order valence-corrected chi connectivity index (χ0v) is 12.4. The third-order valence-electron chi connectivity index (χ3n) is 2.90. The summed E-state index contributed by atoms with van der Waals surface area (Å²) in [5, 5.41) is 3.16. The predicted octanol–water partition coefficient (Wildman–Crippen LogP) is 2.93. The average Bonchev–Trinajstić information content (AvgIpc) is 2.35. The van der Waals surface area contributed by atoms with Crippen molar-refractivity contribution in [1.29, 1.82) is 0 Å². The first-order valence-electron chi connectivity index (χ1n) is 6.39. The van der Waals surface area contributed by atoms with Crippen LogP contribution in [0.3, 0.4) is 0 Å². The molecule has 0 amide bonds. The number of hydrogen-bond acceptors (Lipinski definition) is 3. The summed E-state index contributed by atoms with van der Waals surface area (Å²) in [6, 6.07) is 4.78. The molecule has 0 saturated carbocycles. The van der Waals surface area contributed by atoms with Crippen molar-refractivity contribution in [3.05, 3.63) is 29.6 Å². The molecule has 0 fully saturated rings. The second-order valence-corrected chi connectivity index (χ2v) is 5.15. The molecule has 1 aromatic rings. The maximum atomic E-state index is 13.9. The lowest BCUT2D eigenvalue weighted by atomic mass is 10.0. The second kappa shape index (κ2) is 7.40. The molecular weight excluding hydrogens is 263 g/mol. The lowest BCUT2D eigenvalue weighted by molar-refractivity contribution is 0.126. The lowest BCUT2D eigenvalue weighted by Crippen LogP contribution is -2.31. The Morgan fingerprint density at radius 2 is 2.16 bits per heavy atom. The SMILES string of the molecule is CCOCC(Nc1ccc(C(N)=S)cc1F)C(C)C. The number of nitrogens with two attached hydrogens (primary N) is 1. The Morgan fingerprint density at radius 3 is 2.63 bits per heavy atom. The van der Waals surface area contributed by atoms with Crippen LogP contribution in [0.2, 0.25) is 0 Å². The number of rotatable bonds is 7. The monoisotopic (exact) mass is 284 g/mol. The van der Waals surface area contributed by atoms with Crippen molar-refractivity contribution < 1.29 is 9.13 Å². The number of benzene rings is 1. The third-order valence-corrected chi connectivity index (χ3v) is 3.14. The van der Waals surface area contributed by atoms with Crippen molar-refractivity contribution in [2.24, 2.45) is 11.7 Å². The standard InChI is InChI=1S/C14H21FN2OS/c1-4-18-8-13(9(2)3)17-12-6-5-10(14(16)19)7-11(12)15/h5-7,9,13,17H,4,8H2,1-3H3,(H2,16,19). The van der Waals surface area contributed by atoms with Gasteiger partial charge in [-0.2, -0.15) is 0 Å². The van der Waals surface area contributed by atoms with Gasteiger partial charge in [-0.25, -0.2) is 4.39 Å². The predicted molar refractivity (Wildman–Crippen MR) is 81.0 cm³/mol. The van der Waals surface area contributed by atoms with Crippen LogP contribution in [0.15, 0.2) is 18.2 Å². The average molecular weight is 284 g/mol. The van der Waals surface area contributed by atoms with Gasteiger partial charge in [0.15, 0.2) is 0 Å². The number of ether oxygens (including phenoxy) is 1. The van der Waals surface area contributed by atoms with E-state index in [-0.39, 0.29) is 16.8 Å². The molecule has 0 aromatic heterocycles. The van der Waals surface area contributed by atoms with Gasteiger partial charge < -0.3 is 15.8 Å². The molecule has 1 unspecified atom stereocenters. The molecule has 0 saturated heterocycles. The highest BCUT2D eigenvalue weighted by atomic mass is 32.1. The van der Waals surface area contributed by atoms with Gasteiger partial charge in [0.25, 0.3) is 0 Å². The Kier molecular flexibility index (Phi) is 6.18. The van der Waals surface area contributed by atoms with Gasteiger partial charge in [0.05, 0.1) is 18.3 Å². The van der Waals surface area contributed by atoms with E-state index in [1.165, 1.54) is 6.07 Å². The minimum atomic E-state index is -0.354. The number of hydrogen-bond donors (Lipinski definition) is 2. The fourth-order valence-electron chi connectivity index (χ4n) is 1.63. The summed E-state index contributed by atoms with van der Waals surface area (Å²) >= 11 is 4.82. The number of nitrogens with one attached hydrogen (secondary N) is 1. The minimum Gasteiger partial charge on any atom is -0.389 e. The van der Waals surface area contributed by atoms with Gasteiger partial charge in [-0.05, 0) is 31.0 Å². The Morgan fingerprint density at radius 1 is 1.47 bits per heavy atom. The third kappa shape index (κ3) is 4.76. The fraction of sp³-hybridized carbons (Fsp3) is 0.500. The van der Waals surface area contributed by atoms with E-state index in [0.717, 1.165) is 0 Å². The van der Waals surface area contributed by atoms with Gasteiger partial charge in [-0.1, -0.05) is 26.1 Å². The van der Waals surface area contributed by atoms with Crippen molar-refractivity contribution in [3.8, 4) is 0 Å². The first kappa shape index (κ1) is 15.9. The van der Waals surface area contributed by atoms with E-state index < -0.39 is 0 Å². The van der Waals surface area contributed by atoms with Crippen LogP contribution in [0, 0.1) is 11.7 Å². The summed E-state index contributed by atoms with van der Waals surface area (Å²) in [6.07, 6.45) is 0. The van der Waals surface area contributed by atoms with Gasteiger partial charge in [-0.15, -0.1) is 0 Å². The van der Waals surface area contributed by atoms with Gasteiger partial charge in [0.2, 0.25) is 0 Å². The molecule has 1 aromatic carbocycles. The zero-order valence-electron chi connectivity index (χ0n) is 11.6. The molecular formula is C14H21FN2OS. The molecule has 3 nitrogen and oxygen atoms in total. The number of halogens is 1. The molecule has 0 aliphatic carbocycles. The normalized spacial score (nSPS) is 12.5. The van der Waals surface area contributed by atoms with Crippen LogP contribution < -0.4 is 11.1 Å². The molecule has 0 bridgehead atoms. The van der Waals surface area contributed by atoms with Crippen LogP contribution >= 0.6 is 12.2 Å². The van der Waals surface area contributed by atoms with Gasteiger partial charge in [0.1, 0.15) is 10.8 Å². The summed E-state index contributed by atoms with van der Waals surface area (Å²) < 4.78 is 19.3. The van der Waals surface area contributed by atoms with Gasteiger partial charge in [-0.3, -0.25) is 0 Å². The van der Waals surface area contributed by atoms with E-state index in [9.17, 15) is 4.39 Å². The summed E-state index contributed by atoms with van der Waals surface area (Å²) in [6.45, 7) is 7.27. The molecule has 0 aliphatic heterocycles. The maximum absolute atomic E-state index is 13.9. The van der Waals surface area contributed by atoms with E-state index in [1.54, 1.807) is 12.1 Å². The van der Waals surface area contributed by atoms with E-state index in [2.05, 4.69) is 19.2 Å². The van der Waals surface area contributed by atoms with Crippen LogP contribution in [-0.2, 0) is 4.74 Å². The van der Waals surface area contributed by atoms with Gasteiger partial charge >= 0.3 is 0 Å². The van der Waals surface area contributed by atoms with Crippen LogP contribution in [0.5, 0.6) is 0 Å². The largest absolute Gasteiger partial charge is 0.389 e. The second-order valence-electron chi connectivity index (χ2n) is 4.71. The molecule has 5 heteroatoms. The van der Waals surface area contributed by atoms with Crippen LogP contribution in [0.4, 0.5) is 10.1 Å².